The van der Waals surface area contributed by atoms with E-state index in [1.807, 2.05) is 24.1 Å². The molecule has 3 nitrogen and oxygen atoms in total. The van der Waals surface area contributed by atoms with Gasteiger partial charge in [0.1, 0.15) is 0 Å². The Morgan fingerprint density at radius 3 is 2.86 bits per heavy atom. The molecule has 0 N–H and O–H groups in total. The molecular weight excluding hydrogens is 306 g/mol. The largest absolute Gasteiger partial charge is 0.341 e. The molecule has 5 heteroatoms. The molecule has 1 amide bonds. The Hall–Kier alpha value is -1.00. The van der Waals surface area contributed by atoms with Gasteiger partial charge in [0.15, 0.2) is 5.78 Å². The second-order valence-corrected chi connectivity index (χ2v) is 6.74. The first-order chi connectivity index (χ1) is 10.0. The molecule has 1 aromatic carbocycles. The lowest BCUT2D eigenvalue weighted by Gasteiger charge is -2.32. The van der Waals surface area contributed by atoms with E-state index in [0.717, 1.165) is 30.5 Å². The number of piperidine rings is 1. The van der Waals surface area contributed by atoms with Gasteiger partial charge >= 0.3 is 0 Å². The first-order valence-electron chi connectivity index (χ1n) is 7.10. The van der Waals surface area contributed by atoms with Gasteiger partial charge in [0, 0.05) is 29.6 Å². The van der Waals surface area contributed by atoms with E-state index in [-0.39, 0.29) is 17.6 Å². The number of Topliss-reactive ketones (excluding diaryl/α,β-unsaturated/α-hetero) is 1. The maximum Gasteiger partial charge on any atom is 0.232 e. The van der Waals surface area contributed by atoms with Gasteiger partial charge in [-0.3, -0.25) is 9.59 Å². The molecule has 2 rings (SSSR count). The SMILES string of the molecule is CSCC(=O)N1CCC[C@H](C(=O)c2ccc(Cl)cc2C)C1. The number of rotatable bonds is 4. The number of ketones is 1. The van der Waals surface area contributed by atoms with Gasteiger partial charge in [-0.25, -0.2) is 0 Å². The van der Waals surface area contributed by atoms with E-state index in [0.29, 0.717) is 17.3 Å². The van der Waals surface area contributed by atoms with E-state index in [2.05, 4.69) is 0 Å². The number of hydrogen-bond acceptors (Lipinski definition) is 3. The minimum absolute atomic E-state index is 0.0931. The van der Waals surface area contributed by atoms with Gasteiger partial charge in [-0.1, -0.05) is 11.6 Å². The summed E-state index contributed by atoms with van der Waals surface area (Å²) in [6, 6.07) is 5.36. The first-order valence-corrected chi connectivity index (χ1v) is 8.87. The van der Waals surface area contributed by atoms with Crippen LogP contribution in [0.1, 0.15) is 28.8 Å². The zero-order valence-electron chi connectivity index (χ0n) is 12.4. The standard InChI is InChI=1S/C16H20ClNO2S/c1-11-8-13(17)5-6-14(11)16(20)12-4-3-7-18(9-12)15(19)10-21-2/h5-6,8,12H,3-4,7,9-10H2,1-2H3/t12-/m0/s1. The summed E-state index contributed by atoms with van der Waals surface area (Å²) in [4.78, 5) is 26.5. The van der Waals surface area contributed by atoms with Crippen LogP contribution < -0.4 is 0 Å². The molecule has 0 spiro atoms. The average Bonchev–Trinajstić information content (AvgIpc) is 2.47. The van der Waals surface area contributed by atoms with E-state index in [9.17, 15) is 9.59 Å². The van der Waals surface area contributed by atoms with Crippen LogP contribution in [0.25, 0.3) is 0 Å². The zero-order valence-corrected chi connectivity index (χ0v) is 14.0. The van der Waals surface area contributed by atoms with Gasteiger partial charge in [0.25, 0.3) is 0 Å². The summed E-state index contributed by atoms with van der Waals surface area (Å²) in [5.74, 6) is 0.657. The van der Waals surface area contributed by atoms with Crippen LogP contribution in [0.3, 0.4) is 0 Å². The predicted molar refractivity (Wildman–Crippen MR) is 88.2 cm³/mol. The molecule has 0 radical (unpaired) electrons. The topological polar surface area (TPSA) is 37.4 Å². The second-order valence-electron chi connectivity index (χ2n) is 5.44. The Labute approximate surface area is 135 Å². The van der Waals surface area contributed by atoms with Crippen LogP contribution in [0.15, 0.2) is 18.2 Å². The molecule has 1 aromatic rings. The monoisotopic (exact) mass is 325 g/mol. The Morgan fingerprint density at radius 2 is 2.19 bits per heavy atom. The molecule has 0 unspecified atom stereocenters. The van der Waals surface area contributed by atoms with Crippen LogP contribution in [0, 0.1) is 12.8 Å². The molecule has 0 aliphatic carbocycles. The molecule has 0 aromatic heterocycles. The molecule has 1 atom stereocenters. The van der Waals surface area contributed by atoms with E-state index in [1.54, 1.807) is 12.1 Å². The van der Waals surface area contributed by atoms with Crippen molar-refractivity contribution in [3.8, 4) is 0 Å². The molecule has 21 heavy (non-hydrogen) atoms. The number of nitrogens with zero attached hydrogens (tertiary/aromatic N) is 1. The van der Waals surface area contributed by atoms with E-state index in [4.69, 9.17) is 11.6 Å². The van der Waals surface area contributed by atoms with Gasteiger partial charge < -0.3 is 4.90 Å². The molecule has 1 aliphatic heterocycles. The molecule has 114 valence electrons. The summed E-state index contributed by atoms with van der Waals surface area (Å²) < 4.78 is 0. The minimum Gasteiger partial charge on any atom is -0.341 e. The van der Waals surface area contributed by atoms with Crippen molar-refractivity contribution in [3.05, 3.63) is 34.3 Å². The summed E-state index contributed by atoms with van der Waals surface area (Å²) >= 11 is 7.46. The smallest absolute Gasteiger partial charge is 0.232 e. The molecular formula is C16H20ClNO2S. The maximum atomic E-state index is 12.7. The number of halogens is 1. The summed E-state index contributed by atoms with van der Waals surface area (Å²) in [6.45, 7) is 3.21. The lowest BCUT2D eigenvalue weighted by atomic mass is 9.88. The summed E-state index contributed by atoms with van der Waals surface area (Å²) in [5.41, 5.74) is 1.63. The Kier molecular flexibility index (Phi) is 5.71. The van der Waals surface area contributed by atoms with Crippen molar-refractivity contribution in [3.63, 3.8) is 0 Å². The number of carbonyl (C=O) groups is 2. The van der Waals surface area contributed by atoms with Crippen molar-refractivity contribution < 1.29 is 9.59 Å². The van der Waals surface area contributed by atoms with Crippen molar-refractivity contribution in [2.45, 2.75) is 19.8 Å². The molecule has 0 saturated carbocycles. The van der Waals surface area contributed by atoms with Gasteiger partial charge in [-0.2, -0.15) is 11.8 Å². The van der Waals surface area contributed by atoms with Gasteiger partial charge in [-0.15, -0.1) is 0 Å². The van der Waals surface area contributed by atoms with E-state index >= 15 is 0 Å². The minimum atomic E-state index is -0.0931. The summed E-state index contributed by atoms with van der Waals surface area (Å²) in [5, 5.41) is 0.643. The fourth-order valence-corrected chi connectivity index (χ4v) is 3.41. The van der Waals surface area contributed by atoms with Crippen molar-refractivity contribution >= 4 is 35.1 Å². The Morgan fingerprint density at radius 1 is 1.43 bits per heavy atom. The number of benzene rings is 1. The molecule has 1 aliphatic rings. The third-order valence-electron chi connectivity index (χ3n) is 3.87. The molecule has 1 fully saturated rings. The fraction of sp³-hybridized carbons (Fsp3) is 0.500. The van der Waals surface area contributed by atoms with Crippen molar-refractivity contribution in [2.75, 3.05) is 25.1 Å². The predicted octanol–water partition coefficient (Wildman–Crippen LogP) is 3.43. The van der Waals surface area contributed by atoms with Crippen LogP contribution in [0.4, 0.5) is 0 Å². The van der Waals surface area contributed by atoms with Gasteiger partial charge in [-0.05, 0) is 49.8 Å². The number of amides is 1. The highest BCUT2D eigenvalue weighted by atomic mass is 35.5. The third kappa shape index (κ3) is 4.01. The van der Waals surface area contributed by atoms with Crippen LogP contribution in [0.5, 0.6) is 0 Å². The van der Waals surface area contributed by atoms with Crippen LogP contribution >= 0.6 is 23.4 Å². The first kappa shape index (κ1) is 16.4. The number of carbonyl (C=O) groups excluding carboxylic acids is 2. The summed E-state index contributed by atoms with van der Waals surface area (Å²) in [7, 11) is 0. The van der Waals surface area contributed by atoms with Crippen molar-refractivity contribution in [2.24, 2.45) is 5.92 Å². The van der Waals surface area contributed by atoms with Crippen LogP contribution in [-0.4, -0.2) is 41.7 Å². The molecule has 0 bridgehead atoms. The maximum absolute atomic E-state index is 12.7. The Bertz CT molecular complexity index is 547. The molecule has 1 saturated heterocycles. The highest BCUT2D eigenvalue weighted by molar-refractivity contribution is 7.99. The van der Waals surface area contributed by atoms with Gasteiger partial charge in [0.05, 0.1) is 5.75 Å². The van der Waals surface area contributed by atoms with Crippen LogP contribution in [0.2, 0.25) is 5.02 Å². The second kappa shape index (κ2) is 7.32. The van der Waals surface area contributed by atoms with Crippen molar-refractivity contribution in [1.29, 1.82) is 0 Å². The zero-order chi connectivity index (χ0) is 15.4. The molecule has 1 heterocycles. The van der Waals surface area contributed by atoms with Crippen LogP contribution in [-0.2, 0) is 4.79 Å². The fourth-order valence-electron chi connectivity index (χ4n) is 2.76. The highest BCUT2D eigenvalue weighted by Crippen LogP contribution is 2.24. The number of likely N-dealkylation sites (tertiary alicyclic amines) is 1. The number of thioether (sulfide) groups is 1. The quantitative estimate of drug-likeness (QED) is 0.796. The lowest BCUT2D eigenvalue weighted by Crippen LogP contribution is -2.43. The average molecular weight is 326 g/mol. The summed E-state index contributed by atoms with van der Waals surface area (Å²) in [6.07, 6.45) is 3.66. The highest BCUT2D eigenvalue weighted by Gasteiger charge is 2.29. The van der Waals surface area contributed by atoms with Crippen molar-refractivity contribution in [1.82, 2.24) is 4.90 Å². The number of hydrogen-bond donors (Lipinski definition) is 0. The van der Waals surface area contributed by atoms with E-state index < -0.39 is 0 Å². The number of aryl methyl sites for hydroxylation is 1. The van der Waals surface area contributed by atoms with Gasteiger partial charge in [0.2, 0.25) is 5.91 Å². The normalized spacial score (nSPS) is 18.6. The Balaban J connectivity index is 2.10. The third-order valence-corrected chi connectivity index (χ3v) is 4.64. The van der Waals surface area contributed by atoms with E-state index in [1.165, 1.54) is 11.8 Å². The lowest BCUT2D eigenvalue weighted by molar-refractivity contribution is -0.129.